The minimum atomic E-state index is -3.47. The third-order valence-electron chi connectivity index (χ3n) is 5.62. The van der Waals surface area contributed by atoms with E-state index in [0.29, 0.717) is 13.2 Å². The van der Waals surface area contributed by atoms with Crippen LogP contribution in [0.1, 0.15) is 45.4 Å². The van der Waals surface area contributed by atoms with Gasteiger partial charge in [0.1, 0.15) is 0 Å². The first kappa shape index (κ1) is 21.4. The van der Waals surface area contributed by atoms with Crippen LogP contribution in [0.15, 0.2) is 0 Å². The number of nitrogens with zero attached hydrogens (tertiary/aromatic N) is 2. The van der Waals surface area contributed by atoms with E-state index < -0.39 is 20.0 Å². The van der Waals surface area contributed by atoms with Crippen molar-refractivity contribution < 1.29 is 26.3 Å². The summed E-state index contributed by atoms with van der Waals surface area (Å²) in [7, 11) is -6.92. The number of rotatable bonds is 6. The maximum atomic E-state index is 12.8. The Morgan fingerprint density at radius 3 is 1.85 bits per heavy atom. The van der Waals surface area contributed by atoms with Crippen LogP contribution in [-0.2, 0) is 29.5 Å². The van der Waals surface area contributed by atoms with E-state index in [-0.39, 0.29) is 49.4 Å². The smallest absolute Gasteiger partial charge is 0.216 e. The van der Waals surface area contributed by atoms with E-state index in [0.717, 1.165) is 38.5 Å². The average molecular weight is 425 g/mol. The standard InChI is InChI=1S/C17H32N2O6S2/c1-15-12-18(26(20,21)13-16-6-2-4-10-24-16)8-9-19(15)27(22,23)14-17-7-3-5-11-25-17/h15-17H,2-14H2,1H3. The van der Waals surface area contributed by atoms with E-state index in [2.05, 4.69) is 0 Å². The van der Waals surface area contributed by atoms with Crippen molar-refractivity contribution >= 4 is 20.0 Å². The van der Waals surface area contributed by atoms with Crippen molar-refractivity contribution in [1.29, 1.82) is 0 Å². The highest BCUT2D eigenvalue weighted by Gasteiger charge is 2.38. The fraction of sp³-hybridized carbons (Fsp3) is 1.00. The van der Waals surface area contributed by atoms with E-state index in [1.54, 1.807) is 6.92 Å². The second kappa shape index (κ2) is 9.04. The summed E-state index contributed by atoms with van der Waals surface area (Å²) in [5, 5.41) is 0. The fourth-order valence-corrected chi connectivity index (χ4v) is 7.77. The van der Waals surface area contributed by atoms with Crippen molar-refractivity contribution in [3.05, 3.63) is 0 Å². The molecule has 8 nitrogen and oxygen atoms in total. The summed E-state index contributed by atoms with van der Waals surface area (Å²) in [6.45, 7) is 3.60. The molecule has 3 aliphatic heterocycles. The lowest BCUT2D eigenvalue weighted by atomic mass is 10.1. The molecule has 0 bridgehead atoms. The maximum Gasteiger partial charge on any atom is 0.216 e. The van der Waals surface area contributed by atoms with Crippen LogP contribution < -0.4 is 0 Å². The third-order valence-corrected chi connectivity index (χ3v) is 9.58. The summed E-state index contributed by atoms with van der Waals surface area (Å²) in [4.78, 5) is 0. The first-order chi connectivity index (χ1) is 12.8. The normalized spacial score (nSPS) is 32.4. The third kappa shape index (κ3) is 5.63. The molecule has 3 atom stereocenters. The first-order valence-electron chi connectivity index (χ1n) is 9.98. The highest BCUT2D eigenvalue weighted by atomic mass is 32.2. The van der Waals surface area contributed by atoms with Crippen LogP contribution in [0.5, 0.6) is 0 Å². The summed E-state index contributed by atoms with van der Waals surface area (Å²) in [6.07, 6.45) is 4.98. The predicted molar refractivity (Wildman–Crippen MR) is 102 cm³/mol. The van der Waals surface area contributed by atoms with Crippen molar-refractivity contribution in [1.82, 2.24) is 8.61 Å². The molecule has 3 heterocycles. The van der Waals surface area contributed by atoms with E-state index in [4.69, 9.17) is 9.47 Å². The molecule has 0 aromatic rings. The molecule has 0 aliphatic carbocycles. The number of ether oxygens (including phenoxy) is 2. The second-order valence-corrected chi connectivity index (χ2v) is 11.8. The number of piperazine rings is 1. The summed E-state index contributed by atoms with van der Waals surface area (Å²) in [5.74, 6) is -0.0254. The molecule has 0 spiro atoms. The topological polar surface area (TPSA) is 93.2 Å². The minimum absolute atomic E-state index is 0.0115. The van der Waals surface area contributed by atoms with Gasteiger partial charge in [-0.15, -0.1) is 0 Å². The zero-order valence-electron chi connectivity index (χ0n) is 16.1. The molecule has 0 radical (unpaired) electrons. The SMILES string of the molecule is CC1CN(S(=O)(=O)CC2CCCCO2)CCN1S(=O)(=O)CC1CCCCO1. The van der Waals surface area contributed by atoms with Crippen molar-refractivity contribution in [2.75, 3.05) is 44.4 Å². The summed E-state index contributed by atoms with van der Waals surface area (Å²) < 4.78 is 65.1. The van der Waals surface area contributed by atoms with Gasteiger partial charge in [0, 0.05) is 38.9 Å². The van der Waals surface area contributed by atoms with Gasteiger partial charge in [0.2, 0.25) is 20.0 Å². The van der Waals surface area contributed by atoms with Gasteiger partial charge >= 0.3 is 0 Å². The second-order valence-electron chi connectivity index (χ2n) is 7.85. The maximum absolute atomic E-state index is 12.8. The molecule has 0 saturated carbocycles. The molecule has 0 aromatic carbocycles. The van der Waals surface area contributed by atoms with E-state index in [1.165, 1.54) is 8.61 Å². The Labute approximate surface area is 163 Å². The molecule has 158 valence electrons. The Morgan fingerprint density at radius 1 is 0.815 bits per heavy atom. The van der Waals surface area contributed by atoms with Crippen LogP contribution in [0.4, 0.5) is 0 Å². The lowest BCUT2D eigenvalue weighted by Crippen LogP contribution is -2.57. The minimum Gasteiger partial charge on any atom is -0.377 e. The zero-order chi connectivity index (χ0) is 19.5. The highest BCUT2D eigenvalue weighted by Crippen LogP contribution is 2.23. The molecule has 27 heavy (non-hydrogen) atoms. The van der Waals surface area contributed by atoms with Crippen LogP contribution in [-0.4, -0.2) is 88.0 Å². The Hall–Kier alpha value is -0.260. The van der Waals surface area contributed by atoms with Crippen molar-refractivity contribution in [2.24, 2.45) is 0 Å². The van der Waals surface area contributed by atoms with Gasteiger partial charge in [-0.1, -0.05) is 0 Å². The van der Waals surface area contributed by atoms with Gasteiger partial charge in [-0.25, -0.2) is 16.8 Å². The van der Waals surface area contributed by atoms with Crippen LogP contribution >= 0.6 is 0 Å². The number of hydrogen-bond acceptors (Lipinski definition) is 6. The largest absolute Gasteiger partial charge is 0.377 e. The van der Waals surface area contributed by atoms with E-state index in [1.807, 2.05) is 0 Å². The van der Waals surface area contributed by atoms with E-state index >= 15 is 0 Å². The van der Waals surface area contributed by atoms with Crippen molar-refractivity contribution in [3.63, 3.8) is 0 Å². The fourth-order valence-electron chi connectivity index (χ4n) is 4.12. The number of sulfonamides is 2. The first-order valence-corrected chi connectivity index (χ1v) is 13.2. The molecule has 3 rings (SSSR count). The van der Waals surface area contributed by atoms with Gasteiger partial charge in [-0.2, -0.15) is 8.61 Å². The molecule has 3 fully saturated rings. The Kier molecular flexibility index (Phi) is 7.18. The van der Waals surface area contributed by atoms with Crippen LogP contribution in [0.3, 0.4) is 0 Å². The molecule has 3 unspecified atom stereocenters. The lowest BCUT2D eigenvalue weighted by Gasteiger charge is -2.39. The summed E-state index contributed by atoms with van der Waals surface area (Å²) >= 11 is 0. The number of hydrogen-bond donors (Lipinski definition) is 0. The van der Waals surface area contributed by atoms with E-state index in [9.17, 15) is 16.8 Å². The van der Waals surface area contributed by atoms with Gasteiger partial charge in [-0.3, -0.25) is 0 Å². The molecule has 0 aromatic heterocycles. The van der Waals surface area contributed by atoms with Crippen molar-refractivity contribution in [3.8, 4) is 0 Å². The van der Waals surface area contributed by atoms with Crippen LogP contribution in [0, 0.1) is 0 Å². The van der Waals surface area contributed by atoms with Crippen molar-refractivity contribution in [2.45, 2.75) is 63.7 Å². The monoisotopic (exact) mass is 424 g/mol. The van der Waals surface area contributed by atoms with Crippen LogP contribution in [0.2, 0.25) is 0 Å². The average Bonchev–Trinajstić information content (AvgIpc) is 2.62. The molecule has 10 heteroatoms. The lowest BCUT2D eigenvalue weighted by molar-refractivity contribution is 0.0287. The highest BCUT2D eigenvalue weighted by molar-refractivity contribution is 7.89. The molecular weight excluding hydrogens is 392 g/mol. The molecule has 0 N–H and O–H groups in total. The molecule has 3 saturated heterocycles. The van der Waals surface area contributed by atoms with Gasteiger partial charge in [-0.05, 0) is 45.4 Å². The summed E-state index contributed by atoms with van der Waals surface area (Å²) in [6, 6.07) is -0.380. The summed E-state index contributed by atoms with van der Waals surface area (Å²) in [5.41, 5.74) is 0. The molecule has 0 amide bonds. The predicted octanol–water partition coefficient (Wildman–Crippen LogP) is 0.790. The van der Waals surface area contributed by atoms with Crippen LogP contribution in [0.25, 0.3) is 0 Å². The Morgan fingerprint density at radius 2 is 1.37 bits per heavy atom. The van der Waals surface area contributed by atoms with Gasteiger partial charge in [0.15, 0.2) is 0 Å². The zero-order valence-corrected chi connectivity index (χ0v) is 17.7. The Balaban J connectivity index is 1.57. The molecular formula is C17H32N2O6S2. The van der Waals surface area contributed by atoms with Gasteiger partial charge in [0.25, 0.3) is 0 Å². The molecule has 3 aliphatic rings. The van der Waals surface area contributed by atoms with Gasteiger partial charge < -0.3 is 9.47 Å². The Bertz CT molecular complexity index is 684. The van der Waals surface area contributed by atoms with Gasteiger partial charge in [0.05, 0.1) is 23.7 Å². The quantitative estimate of drug-likeness (QED) is 0.626.